The van der Waals surface area contributed by atoms with Crippen molar-refractivity contribution in [2.45, 2.75) is 387 Å². The predicted octanol–water partition coefficient (Wildman–Crippen LogP) is 20.8. The molecule has 91 heavy (non-hydrogen) atoms. The Labute approximate surface area is 556 Å². The number of rotatable bonds is 71. The highest BCUT2D eigenvalue weighted by atomic mass is 31.2. The lowest BCUT2D eigenvalue weighted by Gasteiger charge is -2.21. The summed E-state index contributed by atoms with van der Waals surface area (Å²) in [6.07, 6.45) is 50.1. The molecule has 0 saturated heterocycles. The topological polar surface area (TPSA) is 237 Å². The summed E-state index contributed by atoms with van der Waals surface area (Å²) in [5, 5.41) is 10.6. The smallest absolute Gasteiger partial charge is 0.462 e. The molecule has 0 heterocycles. The van der Waals surface area contributed by atoms with Crippen molar-refractivity contribution in [3.8, 4) is 0 Å². The van der Waals surface area contributed by atoms with Crippen molar-refractivity contribution < 1.29 is 80.2 Å². The van der Waals surface area contributed by atoms with Crippen molar-refractivity contribution in [3.05, 3.63) is 0 Å². The summed E-state index contributed by atoms with van der Waals surface area (Å²) < 4.78 is 68.3. The molecule has 0 radical (unpaired) electrons. The summed E-state index contributed by atoms with van der Waals surface area (Å²) in [5.41, 5.74) is 0. The van der Waals surface area contributed by atoms with Gasteiger partial charge in [0.15, 0.2) is 12.2 Å². The molecule has 3 N–H and O–H groups in total. The van der Waals surface area contributed by atoms with E-state index in [1.165, 1.54) is 186 Å². The van der Waals surface area contributed by atoms with E-state index in [2.05, 4.69) is 41.5 Å². The van der Waals surface area contributed by atoms with Crippen LogP contribution in [0.3, 0.4) is 0 Å². The third-order valence-corrected chi connectivity index (χ3v) is 18.6. The van der Waals surface area contributed by atoms with Gasteiger partial charge in [-0.1, -0.05) is 318 Å². The molecule has 0 saturated carbocycles. The van der Waals surface area contributed by atoms with Gasteiger partial charge in [0.2, 0.25) is 0 Å². The number of esters is 4. The third-order valence-electron chi connectivity index (χ3n) is 16.7. The van der Waals surface area contributed by atoms with Crippen LogP contribution in [-0.2, 0) is 65.4 Å². The zero-order chi connectivity index (χ0) is 67.2. The maximum Gasteiger partial charge on any atom is 0.472 e. The number of aliphatic hydroxyl groups is 1. The van der Waals surface area contributed by atoms with Gasteiger partial charge in [-0.15, -0.1) is 0 Å². The van der Waals surface area contributed by atoms with E-state index in [0.717, 1.165) is 95.8 Å². The number of hydrogen-bond donors (Lipinski definition) is 3. The van der Waals surface area contributed by atoms with Crippen LogP contribution in [0.25, 0.3) is 0 Å². The molecule has 540 valence electrons. The Kier molecular flexibility index (Phi) is 62.7. The lowest BCUT2D eigenvalue weighted by atomic mass is 10.0. The molecule has 0 amide bonds. The summed E-state index contributed by atoms with van der Waals surface area (Å²) in [6.45, 7) is 9.52. The van der Waals surface area contributed by atoms with E-state index >= 15 is 0 Å². The van der Waals surface area contributed by atoms with Gasteiger partial charge in [0.25, 0.3) is 0 Å². The maximum atomic E-state index is 13.0. The molecule has 0 aliphatic rings. The molecule has 0 aliphatic carbocycles. The summed E-state index contributed by atoms with van der Waals surface area (Å²) in [6, 6.07) is 0. The zero-order valence-electron chi connectivity index (χ0n) is 59.1. The van der Waals surface area contributed by atoms with Gasteiger partial charge in [-0.25, -0.2) is 9.13 Å². The van der Waals surface area contributed by atoms with Crippen LogP contribution in [-0.4, -0.2) is 96.7 Å². The van der Waals surface area contributed by atoms with E-state index in [1.54, 1.807) is 0 Å². The molecule has 0 aliphatic heterocycles. The number of unbranched alkanes of at least 4 members (excludes halogenated alkanes) is 41. The van der Waals surface area contributed by atoms with Gasteiger partial charge in [0.1, 0.15) is 19.3 Å². The summed E-state index contributed by atoms with van der Waals surface area (Å²) >= 11 is 0. The van der Waals surface area contributed by atoms with E-state index in [0.29, 0.717) is 31.6 Å². The Morgan fingerprint density at radius 3 is 0.747 bits per heavy atom. The lowest BCUT2D eigenvalue weighted by Crippen LogP contribution is -2.30. The predicted molar refractivity (Wildman–Crippen MR) is 368 cm³/mol. The molecular weight excluding hydrogens is 1200 g/mol. The first-order valence-corrected chi connectivity index (χ1v) is 40.5. The SMILES string of the molecule is CCCCCCCCCCCCCCCC(=O)OC[C@H](COP(=O)(O)OC[C@@H](O)COP(=O)(O)OC[C@@H](COC(=O)CCCCCCCCCCC)OC(=O)CCCCCCCCCC(C)C)OC(=O)CCCCCCCCCCCCCCCCCCC(C)C. The van der Waals surface area contributed by atoms with Crippen molar-refractivity contribution in [2.75, 3.05) is 39.6 Å². The van der Waals surface area contributed by atoms with Crippen LogP contribution >= 0.6 is 15.6 Å². The van der Waals surface area contributed by atoms with Gasteiger partial charge >= 0.3 is 39.5 Å². The first-order valence-electron chi connectivity index (χ1n) is 37.5. The first-order chi connectivity index (χ1) is 43.9. The molecule has 0 aromatic heterocycles. The van der Waals surface area contributed by atoms with E-state index in [1.807, 2.05) is 0 Å². The normalized spacial score (nSPS) is 14.1. The Morgan fingerprint density at radius 1 is 0.297 bits per heavy atom. The molecule has 0 fully saturated rings. The van der Waals surface area contributed by atoms with E-state index < -0.39 is 97.5 Å². The van der Waals surface area contributed by atoms with Crippen molar-refractivity contribution in [3.63, 3.8) is 0 Å². The zero-order valence-corrected chi connectivity index (χ0v) is 60.9. The molecule has 0 spiro atoms. The van der Waals surface area contributed by atoms with Crippen molar-refractivity contribution in [1.82, 2.24) is 0 Å². The molecule has 2 unspecified atom stereocenters. The summed E-state index contributed by atoms with van der Waals surface area (Å²) in [4.78, 5) is 72.5. The Balaban J connectivity index is 5.20. The summed E-state index contributed by atoms with van der Waals surface area (Å²) in [7, 11) is -9.90. The number of aliphatic hydroxyl groups excluding tert-OH is 1. The minimum absolute atomic E-state index is 0.104. The molecule has 0 aromatic carbocycles. The molecule has 17 nitrogen and oxygen atoms in total. The lowest BCUT2D eigenvalue weighted by molar-refractivity contribution is -0.161. The van der Waals surface area contributed by atoms with Crippen LogP contribution in [0.1, 0.15) is 369 Å². The molecule has 19 heteroatoms. The Bertz CT molecular complexity index is 1770. The van der Waals surface area contributed by atoms with Crippen LogP contribution in [0, 0.1) is 11.8 Å². The fraction of sp³-hybridized carbons (Fsp3) is 0.944. The second kappa shape index (κ2) is 64.1. The average Bonchev–Trinajstić information content (AvgIpc) is 3.59. The number of carbonyl (C=O) groups is 4. The van der Waals surface area contributed by atoms with Crippen LogP contribution < -0.4 is 0 Å². The van der Waals surface area contributed by atoms with Crippen molar-refractivity contribution in [2.24, 2.45) is 11.8 Å². The number of hydrogen-bond acceptors (Lipinski definition) is 15. The summed E-state index contributed by atoms with van der Waals surface area (Å²) in [5.74, 6) is -0.619. The van der Waals surface area contributed by atoms with Crippen LogP contribution in [0.4, 0.5) is 0 Å². The fourth-order valence-corrected chi connectivity index (χ4v) is 12.5. The number of phosphoric ester groups is 2. The number of ether oxygens (including phenoxy) is 4. The second-order valence-electron chi connectivity index (χ2n) is 26.9. The first kappa shape index (κ1) is 89.1. The van der Waals surface area contributed by atoms with E-state index in [9.17, 15) is 43.2 Å². The van der Waals surface area contributed by atoms with Gasteiger partial charge in [-0.3, -0.25) is 37.3 Å². The minimum Gasteiger partial charge on any atom is -0.462 e. The minimum atomic E-state index is -4.95. The highest BCUT2D eigenvalue weighted by molar-refractivity contribution is 7.47. The van der Waals surface area contributed by atoms with E-state index in [4.69, 9.17) is 37.0 Å². The van der Waals surface area contributed by atoms with Crippen LogP contribution in [0.15, 0.2) is 0 Å². The van der Waals surface area contributed by atoms with Crippen molar-refractivity contribution >= 4 is 39.5 Å². The van der Waals surface area contributed by atoms with Gasteiger partial charge in [0.05, 0.1) is 26.4 Å². The highest BCUT2D eigenvalue weighted by Gasteiger charge is 2.30. The number of carbonyl (C=O) groups excluding carboxylic acids is 4. The van der Waals surface area contributed by atoms with Gasteiger partial charge in [0, 0.05) is 25.7 Å². The highest BCUT2D eigenvalue weighted by Crippen LogP contribution is 2.45. The Morgan fingerprint density at radius 2 is 0.505 bits per heavy atom. The van der Waals surface area contributed by atoms with Gasteiger partial charge in [-0.05, 0) is 37.5 Å². The second-order valence-corrected chi connectivity index (χ2v) is 29.8. The molecule has 0 aromatic rings. The molecule has 0 rings (SSSR count). The number of phosphoric acid groups is 2. The molecular formula is C72H140O17P2. The van der Waals surface area contributed by atoms with Crippen molar-refractivity contribution in [1.29, 1.82) is 0 Å². The van der Waals surface area contributed by atoms with Gasteiger partial charge < -0.3 is 33.8 Å². The molecule has 0 bridgehead atoms. The quantitative estimate of drug-likeness (QED) is 0.0222. The van der Waals surface area contributed by atoms with Crippen LogP contribution in [0.2, 0.25) is 0 Å². The third kappa shape index (κ3) is 66.5. The standard InChI is InChI=1S/C72H140O17P2/c1-7-9-11-13-15-17-18-23-27-31-37-43-49-55-70(75)83-60-67(88-71(76)56-50-44-38-32-28-25-22-20-19-21-24-26-30-34-40-46-52-64(3)4)62-86-90(78,79)84-58-66(73)59-85-91(80,81)87-63-68(61-82-69(74)54-48-42-36-29-16-14-12-10-8-2)89-72(77)57-51-45-39-33-35-41-47-53-65(5)6/h64-68,73H,7-63H2,1-6H3,(H,78,79)(H,80,81)/t66-,67-,68-/m1/s1. The largest absolute Gasteiger partial charge is 0.472 e. The van der Waals surface area contributed by atoms with Gasteiger partial charge in [-0.2, -0.15) is 0 Å². The fourth-order valence-electron chi connectivity index (χ4n) is 10.9. The Hall–Kier alpha value is -1.94. The average molecular weight is 1340 g/mol. The van der Waals surface area contributed by atoms with E-state index in [-0.39, 0.29) is 25.7 Å². The maximum absolute atomic E-state index is 13.0. The monoisotopic (exact) mass is 1340 g/mol. The van der Waals surface area contributed by atoms with Crippen LogP contribution in [0.5, 0.6) is 0 Å². The molecule has 5 atom stereocenters.